The van der Waals surface area contributed by atoms with Crippen molar-refractivity contribution < 1.29 is 14.3 Å². The summed E-state index contributed by atoms with van der Waals surface area (Å²) in [7, 11) is 1.69. The standard InChI is InChI=1S/C34H36N2O3/c1-38-18-19-39-23-25-11-13-26-12-10-24(20-27(26)21-25)22-36-16-14-28(15-17-36)35-34(37)33-31-8-4-2-6-29(31)30-7-3-5-9-32(30)33/h2-13,20-21,28,33H,14-19,22-23H2,1H3,(H,35,37). The van der Waals surface area contributed by atoms with Gasteiger partial charge in [0.25, 0.3) is 0 Å². The van der Waals surface area contributed by atoms with Crippen LogP contribution in [0, 0.1) is 0 Å². The first-order valence-electron chi connectivity index (χ1n) is 14.0. The molecule has 1 amide bonds. The zero-order valence-corrected chi connectivity index (χ0v) is 22.6. The van der Waals surface area contributed by atoms with Crippen LogP contribution in [0.15, 0.2) is 84.9 Å². The fraction of sp³-hybridized carbons (Fsp3) is 0.324. The maximum absolute atomic E-state index is 13.5. The van der Waals surface area contributed by atoms with Crippen molar-refractivity contribution in [1.29, 1.82) is 0 Å². The van der Waals surface area contributed by atoms with E-state index in [0.29, 0.717) is 19.8 Å². The summed E-state index contributed by atoms with van der Waals surface area (Å²) in [5.74, 6) is -0.0920. The molecule has 0 unspecified atom stereocenters. The van der Waals surface area contributed by atoms with E-state index in [0.717, 1.165) is 43.6 Å². The van der Waals surface area contributed by atoms with Gasteiger partial charge >= 0.3 is 0 Å². The first kappa shape index (κ1) is 25.8. The molecule has 0 aromatic heterocycles. The third-order valence-electron chi connectivity index (χ3n) is 8.11. The molecule has 0 saturated carbocycles. The molecule has 0 atom stereocenters. The lowest BCUT2D eigenvalue weighted by molar-refractivity contribution is -0.122. The highest BCUT2D eigenvalue weighted by Gasteiger charge is 2.34. The Balaban J connectivity index is 1.05. The van der Waals surface area contributed by atoms with Crippen molar-refractivity contribution in [2.75, 3.05) is 33.4 Å². The summed E-state index contributed by atoms with van der Waals surface area (Å²) >= 11 is 0. The molecule has 1 saturated heterocycles. The van der Waals surface area contributed by atoms with Crippen molar-refractivity contribution in [3.63, 3.8) is 0 Å². The van der Waals surface area contributed by atoms with Crippen LogP contribution in [0.4, 0.5) is 0 Å². The van der Waals surface area contributed by atoms with Crippen LogP contribution in [0.5, 0.6) is 0 Å². The van der Waals surface area contributed by atoms with Gasteiger partial charge in [-0.1, -0.05) is 72.8 Å². The molecule has 5 nitrogen and oxygen atoms in total. The van der Waals surface area contributed by atoms with Gasteiger partial charge in [-0.15, -0.1) is 0 Å². The molecule has 39 heavy (non-hydrogen) atoms. The average molecular weight is 521 g/mol. The molecule has 6 rings (SSSR count). The van der Waals surface area contributed by atoms with Gasteiger partial charge in [0, 0.05) is 32.8 Å². The number of piperidine rings is 1. The van der Waals surface area contributed by atoms with Crippen LogP contribution in [0.25, 0.3) is 21.9 Å². The van der Waals surface area contributed by atoms with Gasteiger partial charge in [-0.2, -0.15) is 0 Å². The molecule has 1 aliphatic heterocycles. The van der Waals surface area contributed by atoms with E-state index < -0.39 is 0 Å². The van der Waals surface area contributed by atoms with Gasteiger partial charge < -0.3 is 14.8 Å². The van der Waals surface area contributed by atoms with Gasteiger partial charge in [0.1, 0.15) is 0 Å². The smallest absolute Gasteiger partial charge is 0.232 e. The minimum absolute atomic E-state index is 0.127. The maximum Gasteiger partial charge on any atom is 0.232 e. The zero-order chi connectivity index (χ0) is 26.6. The van der Waals surface area contributed by atoms with E-state index in [9.17, 15) is 4.79 Å². The van der Waals surface area contributed by atoms with Gasteiger partial charge in [0.15, 0.2) is 0 Å². The molecule has 200 valence electrons. The molecule has 5 heteroatoms. The highest BCUT2D eigenvalue weighted by atomic mass is 16.5. The molecule has 1 N–H and O–H groups in total. The predicted octanol–water partition coefficient (Wildman–Crippen LogP) is 5.90. The number of likely N-dealkylation sites (tertiary alicyclic amines) is 1. The SMILES string of the molecule is COCCOCc1ccc2ccc(CN3CCC(NC(=O)C4c5ccccc5-c5ccccc54)CC3)cc2c1. The molecule has 4 aromatic rings. The van der Waals surface area contributed by atoms with E-state index in [1.54, 1.807) is 7.11 Å². The molecule has 0 spiro atoms. The Bertz CT molecular complexity index is 1410. The summed E-state index contributed by atoms with van der Waals surface area (Å²) in [4.78, 5) is 16.0. The number of methoxy groups -OCH3 is 1. The Morgan fingerprint density at radius 2 is 1.46 bits per heavy atom. The first-order chi connectivity index (χ1) is 19.2. The molecule has 0 radical (unpaired) electrons. The predicted molar refractivity (Wildman–Crippen MR) is 156 cm³/mol. The van der Waals surface area contributed by atoms with Gasteiger partial charge in [-0.25, -0.2) is 0 Å². The summed E-state index contributed by atoms with van der Waals surface area (Å²) in [5, 5.41) is 5.89. The van der Waals surface area contributed by atoms with Crippen molar-refractivity contribution in [1.82, 2.24) is 10.2 Å². The van der Waals surface area contributed by atoms with Crippen LogP contribution in [0.2, 0.25) is 0 Å². The minimum Gasteiger partial charge on any atom is -0.382 e. The molecular weight excluding hydrogens is 484 g/mol. The topological polar surface area (TPSA) is 50.8 Å². The fourth-order valence-corrected chi connectivity index (χ4v) is 6.08. The average Bonchev–Trinajstić information content (AvgIpc) is 3.31. The number of nitrogens with zero attached hydrogens (tertiary/aromatic N) is 1. The van der Waals surface area contributed by atoms with Crippen molar-refractivity contribution >= 4 is 16.7 Å². The highest BCUT2D eigenvalue weighted by Crippen LogP contribution is 2.44. The summed E-state index contributed by atoms with van der Waals surface area (Å²) in [6, 6.07) is 30.1. The fourth-order valence-electron chi connectivity index (χ4n) is 6.08. The second-order valence-corrected chi connectivity index (χ2v) is 10.7. The first-order valence-corrected chi connectivity index (χ1v) is 14.0. The van der Waals surface area contributed by atoms with Crippen molar-refractivity contribution in [2.45, 2.75) is 38.0 Å². The Kier molecular flexibility index (Phi) is 7.73. The lowest BCUT2D eigenvalue weighted by Gasteiger charge is -2.33. The molecule has 4 aromatic carbocycles. The number of benzene rings is 4. The number of hydrogen-bond acceptors (Lipinski definition) is 4. The van der Waals surface area contributed by atoms with E-state index in [-0.39, 0.29) is 17.9 Å². The zero-order valence-electron chi connectivity index (χ0n) is 22.6. The van der Waals surface area contributed by atoms with Crippen LogP contribution in [-0.4, -0.2) is 50.3 Å². The van der Waals surface area contributed by atoms with E-state index >= 15 is 0 Å². The molecule has 1 aliphatic carbocycles. The van der Waals surface area contributed by atoms with Crippen LogP contribution in [-0.2, 0) is 27.4 Å². The lowest BCUT2D eigenvalue weighted by Crippen LogP contribution is -2.45. The Morgan fingerprint density at radius 3 is 2.15 bits per heavy atom. The van der Waals surface area contributed by atoms with E-state index in [2.05, 4.69) is 83.0 Å². The summed E-state index contributed by atoms with van der Waals surface area (Å²) in [5.41, 5.74) is 7.11. The lowest BCUT2D eigenvalue weighted by atomic mass is 9.94. The summed E-state index contributed by atoms with van der Waals surface area (Å²) < 4.78 is 10.8. The minimum atomic E-state index is -0.219. The monoisotopic (exact) mass is 520 g/mol. The van der Waals surface area contributed by atoms with Crippen molar-refractivity contribution in [3.05, 3.63) is 107 Å². The summed E-state index contributed by atoms with van der Waals surface area (Å²) in [6.07, 6.45) is 1.94. The Labute approximate surface area is 230 Å². The number of nitrogens with one attached hydrogen (secondary N) is 1. The van der Waals surface area contributed by atoms with Gasteiger partial charge in [0.2, 0.25) is 5.91 Å². The van der Waals surface area contributed by atoms with E-state index in [1.165, 1.54) is 33.0 Å². The van der Waals surface area contributed by atoms with Crippen molar-refractivity contribution in [2.24, 2.45) is 0 Å². The third-order valence-corrected chi connectivity index (χ3v) is 8.11. The van der Waals surface area contributed by atoms with Crippen LogP contribution in [0.3, 0.4) is 0 Å². The van der Waals surface area contributed by atoms with Crippen LogP contribution in [0.1, 0.15) is 41.0 Å². The number of amides is 1. The quantitative estimate of drug-likeness (QED) is 0.279. The van der Waals surface area contributed by atoms with Gasteiger partial charge in [-0.05, 0) is 69.1 Å². The number of ether oxygens (including phenoxy) is 2. The summed E-state index contributed by atoms with van der Waals surface area (Å²) in [6.45, 7) is 4.70. The van der Waals surface area contributed by atoms with Crippen molar-refractivity contribution in [3.8, 4) is 11.1 Å². The second-order valence-electron chi connectivity index (χ2n) is 10.7. The Hall–Kier alpha value is -3.51. The second kappa shape index (κ2) is 11.7. The third kappa shape index (κ3) is 5.62. The molecule has 1 heterocycles. The van der Waals surface area contributed by atoms with Gasteiger partial charge in [-0.3, -0.25) is 9.69 Å². The number of fused-ring (bicyclic) bond motifs is 4. The number of hydrogen-bond donors (Lipinski definition) is 1. The Morgan fingerprint density at radius 1 is 0.821 bits per heavy atom. The number of carbonyl (C=O) groups excluding carboxylic acids is 1. The molecule has 1 fully saturated rings. The maximum atomic E-state index is 13.5. The molecule has 0 bridgehead atoms. The van der Waals surface area contributed by atoms with Crippen LogP contribution < -0.4 is 5.32 Å². The van der Waals surface area contributed by atoms with Crippen LogP contribution >= 0.6 is 0 Å². The molecular formula is C34H36N2O3. The van der Waals surface area contributed by atoms with E-state index in [4.69, 9.17) is 9.47 Å². The number of rotatable bonds is 9. The molecule has 2 aliphatic rings. The highest BCUT2D eigenvalue weighted by molar-refractivity contribution is 5.96. The van der Waals surface area contributed by atoms with Gasteiger partial charge in [0.05, 0.1) is 25.7 Å². The normalized spacial score (nSPS) is 15.8. The number of carbonyl (C=O) groups is 1. The largest absolute Gasteiger partial charge is 0.382 e. The van der Waals surface area contributed by atoms with E-state index in [1.807, 2.05) is 12.1 Å².